The minimum Gasteiger partial charge on any atom is -0.312 e. The third kappa shape index (κ3) is 2.29. The summed E-state index contributed by atoms with van der Waals surface area (Å²) in [6.45, 7) is 0.817. The lowest BCUT2D eigenvalue weighted by Crippen LogP contribution is -2.32. The maximum Gasteiger partial charge on any atom is 0.327 e. The summed E-state index contributed by atoms with van der Waals surface area (Å²) in [4.78, 5) is 54.1. The van der Waals surface area contributed by atoms with Gasteiger partial charge in [0.25, 0.3) is 17.7 Å². The molecule has 0 spiro atoms. The lowest BCUT2D eigenvalue weighted by Gasteiger charge is -2.17. The molecule has 5 rings (SSSR count). The molecule has 3 heterocycles. The van der Waals surface area contributed by atoms with Gasteiger partial charge in [0.15, 0.2) is 0 Å². The first-order valence-electron chi connectivity index (χ1n) is 9.25. The van der Waals surface area contributed by atoms with Crippen LogP contribution in [0.1, 0.15) is 39.1 Å². The molecule has 3 aliphatic heterocycles. The van der Waals surface area contributed by atoms with E-state index in [1.165, 1.54) is 4.90 Å². The minimum atomic E-state index is -0.348. The van der Waals surface area contributed by atoms with E-state index in [2.05, 4.69) is 0 Å². The molecular formula is C21H17N3O4. The van der Waals surface area contributed by atoms with Crippen molar-refractivity contribution in [2.75, 3.05) is 11.4 Å². The fourth-order valence-electron chi connectivity index (χ4n) is 4.18. The van der Waals surface area contributed by atoms with Crippen LogP contribution in [0, 0.1) is 0 Å². The summed E-state index contributed by atoms with van der Waals surface area (Å²) in [7, 11) is 0. The second-order valence-electron chi connectivity index (χ2n) is 7.22. The lowest BCUT2D eigenvalue weighted by molar-refractivity contribution is -0.128. The van der Waals surface area contributed by atoms with Gasteiger partial charge in [-0.15, -0.1) is 0 Å². The number of fused-ring (bicyclic) bond motifs is 2. The van der Waals surface area contributed by atoms with Crippen LogP contribution in [0.5, 0.6) is 0 Å². The van der Waals surface area contributed by atoms with Crippen molar-refractivity contribution in [1.29, 1.82) is 0 Å². The Kier molecular flexibility index (Phi) is 3.58. The van der Waals surface area contributed by atoms with Gasteiger partial charge in [0.05, 0.1) is 23.4 Å². The van der Waals surface area contributed by atoms with Gasteiger partial charge < -0.3 is 4.90 Å². The Morgan fingerprint density at radius 1 is 0.857 bits per heavy atom. The van der Waals surface area contributed by atoms with Gasteiger partial charge in [-0.1, -0.05) is 24.3 Å². The maximum atomic E-state index is 12.6. The van der Waals surface area contributed by atoms with Gasteiger partial charge in [-0.05, 0) is 42.7 Å². The summed E-state index contributed by atoms with van der Waals surface area (Å²) in [6.07, 6.45) is 1.59. The van der Waals surface area contributed by atoms with E-state index in [4.69, 9.17) is 0 Å². The van der Waals surface area contributed by atoms with E-state index in [0.29, 0.717) is 23.4 Å². The third-order valence-electron chi connectivity index (χ3n) is 5.61. The molecule has 7 nitrogen and oxygen atoms in total. The molecule has 3 aliphatic rings. The molecule has 0 aromatic heterocycles. The normalized spacial score (nSPS) is 21.0. The highest BCUT2D eigenvalue weighted by molar-refractivity contribution is 6.34. The average Bonchev–Trinajstić information content (AvgIpc) is 3.35. The quantitative estimate of drug-likeness (QED) is 0.610. The highest BCUT2D eigenvalue weighted by Crippen LogP contribution is 2.30. The van der Waals surface area contributed by atoms with Crippen molar-refractivity contribution in [3.05, 3.63) is 65.2 Å². The fraction of sp³-hybridized carbons (Fsp3) is 0.238. The van der Waals surface area contributed by atoms with Crippen molar-refractivity contribution in [1.82, 2.24) is 9.80 Å². The number of benzene rings is 2. The zero-order chi connectivity index (χ0) is 19.4. The van der Waals surface area contributed by atoms with Crippen molar-refractivity contribution >= 4 is 29.4 Å². The molecule has 140 valence electrons. The molecule has 0 radical (unpaired) electrons. The van der Waals surface area contributed by atoms with Crippen LogP contribution in [0.3, 0.4) is 0 Å². The fourth-order valence-corrected chi connectivity index (χ4v) is 4.18. The first kappa shape index (κ1) is 16.7. The number of hydrogen-bond acceptors (Lipinski definition) is 4. The standard InChI is InChI=1S/C21H17N3O4/c25-18-15-4-1-2-5-16(15)19(26)24(18)14-9-7-13(8-10-14)12-23-20(27)17-6-3-11-22(17)21(23)28/h1-2,4-5,7-10,17H,3,6,11-12H2. The van der Waals surface area contributed by atoms with Crippen LogP contribution in [-0.2, 0) is 11.3 Å². The van der Waals surface area contributed by atoms with E-state index < -0.39 is 0 Å². The number of urea groups is 1. The monoisotopic (exact) mass is 375 g/mol. The topological polar surface area (TPSA) is 78.0 Å². The van der Waals surface area contributed by atoms with E-state index in [0.717, 1.165) is 23.3 Å². The minimum absolute atomic E-state index is 0.146. The Morgan fingerprint density at radius 2 is 1.50 bits per heavy atom. The predicted molar refractivity (Wildman–Crippen MR) is 99.7 cm³/mol. The average molecular weight is 375 g/mol. The summed E-state index contributed by atoms with van der Waals surface area (Å²) < 4.78 is 0. The van der Waals surface area contributed by atoms with Gasteiger partial charge in [-0.25, -0.2) is 9.69 Å². The molecule has 1 atom stereocenters. The molecule has 0 bridgehead atoms. The van der Waals surface area contributed by atoms with Gasteiger partial charge in [0, 0.05) is 6.54 Å². The Morgan fingerprint density at radius 3 is 2.11 bits per heavy atom. The summed E-state index contributed by atoms with van der Waals surface area (Å²) in [5, 5.41) is 0. The molecule has 28 heavy (non-hydrogen) atoms. The smallest absolute Gasteiger partial charge is 0.312 e. The molecule has 2 fully saturated rings. The Hall–Kier alpha value is -3.48. The summed E-state index contributed by atoms with van der Waals surface area (Å²) in [5.41, 5.74) is 2.02. The summed E-state index contributed by atoms with van der Waals surface area (Å²) in [5.74, 6) is -0.843. The van der Waals surface area contributed by atoms with E-state index in [9.17, 15) is 19.2 Å². The lowest BCUT2D eigenvalue weighted by atomic mass is 10.1. The van der Waals surface area contributed by atoms with Crippen LogP contribution in [-0.4, -0.2) is 46.1 Å². The Labute approximate surface area is 161 Å². The number of imide groups is 2. The highest BCUT2D eigenvalue weighted by Gasteiger charge is 2.47. The number of anilines is 1. The Bertz CT molecular complexity index is 973. The zero-order valence-corrected chi connectivity index (χ0v) is 15.0. The first-order valence-corrected chi connectivity index (χ1v) is 9.25. The number of carbonyl (C=O) groups is 4. The molecule has 2 aromatic carbocycles. The van der Waals surface area contributed by atoms with E-state index in [1.807, 2.05) is 0 Å². The predicted octanol–water partition coefficient (Wildman–Crippen LogP) is 2.41. The molecule has 1 unspecified atom stereocenters. The SMILES string of the molecule is O=C1C2CCCN2C(=O)N1Cc1ccc(N2C(=O)c3ccccc3C2=O)cc1. The van der Waals surface area contributed by atoms with Gasteiger partial charge in [-0.3, -0.25) is 19.3 Å². The van der Waals surface area contributed by atoms with E-state index >= 15 is 0 Å². The zero-order valence-electron chi connectivity index (χ0n) is 15.0. The number of amides is 5. The van der Waals surface area contributed by atoms with Crippen molar-refractivity contribution in [3.8, 4) is 0 Å². The number of carbonyl (C=O) groups excluding carboxylic acids is 4. The van der Waals surface area contributed by atoms with Crippen LogP contribution in [0.15, 0.2) is 48.5 Å². The molecule has 0 aliphatic carbocycles. The van der Waals surface area contributed by atoms with E-state index in [1.54, 1.807) is 53.4 Å². The van der Waals surface area contributed by atoms with Crippen molar-refractivity contribution in [2.24, 2.45) is 0 Å². The number of rotatable bonds is 3. The molecular weight excluding hydrogens is 358 g/mol. The molecule has 0 N–H and O–H groups in total. The van der Waals surface area contributed by atoms with Crippen LogP contribution >= 0.6 is 0 Å². The van der Waals surface area contributed by atoms with Crippen LogP contribution in [0.4, 0.5) is 10.5 Å². The van der Waals surface area contributed by atoms with E-state index in [-0.39, 0.29) is 36.3 Å². The molecule has 7 heteroatoms. The van der Waals surface area contributed by atoms with Crippen LogP contribution < -0.4 is 4.90 Å². The molecule has 2 saturated heterocycles. The van der Waals surface area contributed by atoms with Crippen molar-refractivity contribution < 1.29 is 19.2 Å². The molecule has 0 saturated carbocycles. The van der Waals surface area contributed by atoms with Crippen molar-refractivity contribution in [2.45, 2.75) is 25.4 Å². The van der Waals surface area contributed by atoms with Gasteiger partial charge in [-0.2, -0.15) is 0 Å². The summed E-state index contributed by atoms with van der Waals surface area (Å²) in [6, 6.07) is 13.0. The molecule has 2 aromatic rings. The summed E-state index contributed by atoms with van der Waals surface area (Å²) >= 11 is 0. The Balaban J connectivity index is 1.36. The second-order valence-corrected chi connectivity index (χ2v) is 7.22. The highest BCUT2D eigenvalue weighted by atomic mass is 16.2. The molecule has 5 amide bonds. The van der Waals surface area contributed by atoms with Gasteiger partial charge in [0.2, 0.25) is 0 Å². The van der Waals surface area contributed by atoms with Crippen LogP contribution in [0.2, 0.25) is 0 Å². The largest absolute Gasteiger partial charge is 0.327 e. The van der Waals surface area contributed by atoms with Crippen LogP contribution in [0.25, 0.3) is 0 Å². The first-order chi connectivity index (χ1) is 13.6. The second kappa shape index (κ2) is 6.02. The van der Waals surface area contributed by atoms with Crippen molar-refractivity contribution in [3.63, 3.8) is 0 Å². The number of hydrogen-bond donors (Lipinski definition) is 0. The third-order valence-corrected chi connectivity index (χ3v) is 5.61. The van der Waals surface area contributed by atoms with Gasteiger partial charge >= 0.3 is 6.03 Å². The number of nitrogens with zero attached hydrogens (tertiary/aromatic N) is 3. The van der Waals surface area contributed by atoms with Gasteiger partial charge in [0.1, 0.15) is 6.04 Å². The maximum absolute atomic E-state index is 12.6.